The highest BCUT2D eigenvalue weighted by Crippen LogP contribution is 2.31. The van der Waals surface area contributed by atoms with Gasteiger partial charge < -0.3 is 10.1 Å². The molecule has 0 unspecified atom stereocenters. The van der Waals surface area contributed by atoms with Crippen molar-refractivity contribution < 1.29 is 4.74 Å². The molecule has 2 rings (SSSR count). The molecule has 0 fully saturated rings. The Hall–Kier alpha value is -1.62. The average molecular weight is 350 g/mol. The molecule has 0 aliphatic carbocycles. The van der Waals surface area contributed by atoms with Crippen molar-refractivity contribution in [2.75, 3.05) is 11.9 Å². The molecule has 0 atom stereocenters. The average Bonchev–Trinajstić information content (AvgIpc) is 2.49. The summed E-state index contributed by atoms with van der Waals surface area (Å²) < 4.78 is 7.00. The maximum atomic E-state index is 6.01. The lowest BCUT2D eigenvalue weighted by molar-refractivity contribution is 0.452. The molecule has 0 spiro atoms. The SMILES string of the molecule is CCCNc1ncnc(Oc2cc(Br)ccc2C)c1CC. The first-order valence-corrected chi connectivity index (χ1v) is 7.96. The standard InChI is InChI=1S/C16H20BrN3O/c1-4-8-18-15-13(5-2)16(20-10-19-15)21-14-9-12(17)7-6-11(14)3/h6-7,9-10H,4-5,8H2,1-3H3,(H,18,19,20). The molecule has 2 aromatic rings. The Kier molecular flexibility index (Phi) is 5.56. The second kappa shape index (κ2) is 7.41. The highest BCUT2D eigenvalue weighted by Gasteiger charge is 2.12. The number of hydrogen-bond acceptors (Lipinski definition) is 4. The Labute approximate surface area is 134 Å². The van der Waals surface area contributed by atoms with Gasteiger partial charge in [0.05, 0.1) is 5.56 Å². The number of aryl methyl sites for hydroxylation is 1. The minimum Gasteiger partial charge on any atom is -0.438 e. The zero-order valence-corrected chi connectivity index (χ0v) is 14.2. The van der Waals surface area contributed by atoms with Crippen LogP contribution >= 0.6 is 15.9 Å². The first-order chi connectivity index (χ1) is 10.2. The number of nitrogens with zero attached hydrogens (tertiary/aromatic N) is 2. The number of anilines is 1. The topological polar surface area (TPSA) is 47.0 Å². The van der Waals surface area contributed by atoms with Crippen LogP contribution in [0.4, 0.5) is 5.82 Å². The summed E-state index contributed by atoms with van der Waals surface area (Å²) in [6.07, 6.45) is 3.41. The Morgan fingerprint density at radius 2 is 2.05 bits per heavy atom. The number of rotatable bonds is 6. The van der Waals surface area contributed by atoms with Gasteiger partial charge in [0.1, 0.15) is 17.9 Å². The van der Waals surface area contributed by atoms with Gasteiger partial charge in [-0.25, -0.2) is 9.97 Å². The van der Waals surface area contributed by atoms with E-state index in [1.807, 2.05) is 25.1 Å². The summed E-state index contributed by atoms with van der Waals surface area (Å²) >= 11 is 3.47. The predicted molar refractivity (Wildman–Crippen MR) is 89.1 cm³/mol. The highest BCUT2D eigenvalue weighted by molar-refractivity contribution is 9.10. The van der Waals surface area contributed by atoms with Gasteiger partial charge in [-0.2, -0.15) is 0 Å². The molecule has 1 heterocycles. The molecule has 0 aliphatic heterocycles. The van der Waals surface area contributed by atoms with Gasteiger partial charge in [0.15, 0.2) is 0 Å². The molecule has 0 saturated carbocycles. The molecule has 0 aliphatic rings. The van der Waals surface area contributed by atoms with Crippen LogP contribution in [0.15, 0.2) is 29.0 Å². The first kappa shape index (κ1) is 15.8. The van der Waals surface area contributed by atoms with Gasteiger partial charge in [-0.1, -0.05) is 35.8 Å². The van der Waals surface area contributed by atoms with E-state index in [9.17, 15) is 0 Å². The summed E-state index contributed by atoms with van der Waals surface area (Å²) in [5, 5.41) is 3.33. The minimum absolute atomic E-state index is 0.618. The summed E-state index contributed by atoms with van der Waals surface area (Å²) in [7, 11) is 0. The number of hydrogen-bond donors (Lipinski definition) is 1. The van der Waals surface area contributed by atoms with Crippen LogP contribution in [0.3, 0.4) is 0 Å². The quantitative estimate of drug-likeness (QED) is 0.819. The van der Waals surface area contributed by atoms with Crippen LogP contribution in [-0.2, 0) is 6.42 Å². The van der Waals surface area contributed by atoms with Crippen LogP contribution in [0.1, 0.15) is 31.4 Å². The molecule has 1 aromatic carbocycles. The van der Waals surface area contributed by atoms with Gasteiger partial charge >= 0.3 is 0 Å². The third kappa shape index (κ3) is 3.94. The summed E-state index contributed by atoms with van der Waals surface area (Å²) in [4.78, 5) is 8.61. The monoisotopic (exact) mass is 349 g/mol. The largest absolute Gasteiger partial charge is 0.438 e. The Morgan fingerprint density at radius 1 is 1.24 bits per heavy atom. The molecule has 5 heteroatoms. The van der Waals surface area contributed by atoms with Crippen LogP contribution < -0.4 is 10.1 Å². The second-order valence-electron chi connectivity index (χ2n) is 4.80. The molecule has 112 valence electrons. The Balaban J connectivity index is 2.33. The maximum Gasteiger partial charge on any atom is 0.227 e. The van der Waals surface area contributed by atoms with E-state index in [1.165, 1.54) is 0 Å². The number of halogens is 1. The molecule has 21 heavy (non-hydrogen) atoms. The van der Waals surface area contributed by atoms with Crippen molar-refractivity contribution in [3.05, 3.63) is 40.1 Å². The molecule has 1 N–H and O–H groups in total. The number of ether oxygens (including phenoxy) is 1. The molecule has 0 radical (unpaired) electrons. The molecule has 1 aromatic heterocycles. The number of nitrogens with one attached hydrogen (secondary N) is 1. The van der Waals surface area contributed by atoms with Gasteiger partial charge in [-0.3, -0.25) is 0 Å². The van der Waals surface area contributed by atoms with E-state index in [0.717, 1.165) is 46.6 Å². The van der Waals surface area contributed by atoms with Crippen molar-refractivity contribution in [1.29, 1.82) is 0 Å². The summed E-state index contributed by atoms with van der Waals surface area (Å²) in [5.41, 5.74) is 2.08. The second-order valence-corrected chi connectivity index (χ2v) is 5.71. The molecular formula is C16H20BrN3O. The van der Waals surface area contributed by atoms with Gasteiger partial charge in [-0.15, -0.1) is 0 Å². The van der Waals surface area contributed by atoms with Crippen LogP contribution in [-0.4, -0.2) is 16.5 Å². The van der Waals surface area contributed by atoms with Crippen molar-refractivity contribution in [3.8, 4) is 11.6 Å². The van der Waals surface area contributed by atoms with E-state index in [2.05, 4.69) is 45.1 Å². The summed E-state index contributed by atoms with van der Waals surface area (Å²) in [5.74, 6) is 2.28. The highest BCUT2D eigenvalue weighted by atomic mass is 79.9. The predicted octanol–water partition coefficient (Wildman–Crippen LogP) is 4.72. The maximum absolute atomic E-state index is 6.01. The lowest BCUT2D eigenvalue weighted by atomic mass is 10.2. The van der Waals surface area contributed by atoms with Gasteiger partial charge in [-0.05, 0) is 37.5 Å². The van der Waals surface area contributed by atoms with Crippen molar-refractivity contribution in [2.45, 2.75) is 33.6 Å². The van der Waals surface area contributed by atoms with Crippen LogP contribution in [0.5, 0.6) is 11.6 Å². The first-order valence-electron chi connectivity index (χ1n) is 7.17. The van der Waals surface area contributed by atoms with Gasteiger partial charge in [0, 0.05) is 11.0 Å². The summed E-state index contributed by atoms with van der Waals surface area (Å²) in [6, 6.07) is 5.97. The number of benzene rings is 1. The Morgan fingerprint density at radius 3 is 2.76 bits per heavy atom. The molecule has 4 nitrogen and oxygen atoms in total. The lowest BCUT2D eigenvalue weighted by Gasteiger charge is -2.14. The van der Waals surface area contributed by atoms with E-state index in [0.29, 0.717) is 5.88 Å². The third-order valence-electron chi connectivity index (χ3n) is 3.16. The van der Waals surface area contributed by atoms with Crippen molar-refractivity contribution in [3.63, 3.8) is 0 Å². The van der Waals surface area contributed by atoms with E-state index >= 15 is 0 Å². The van der Waals surface area contributed by atoms with Crippen LogP contribution in [0.25, 0.3) is 0 Å². The fourth-order valence-electron chi connectivity index (χ4n) is 1.99. The fourth-order valence-corrected chi connectivity index (χ4v) is 2.33. The molecule has 0 amide bonds. The van der Waals surface area contributed by atoms with E-state index in [4.69, 9.17) is 4.74 Å². The van der Waals surface area contributed by atoms with Gasteiger partial charge in [0.2, 0.25) is 5.88 Å². The van der Waals surface area contributed by atoms with Crippen molar-refractivity contribution in [2.24, 2.45) is 0 Å². The smallest absolute Gasteiger partial charge is 0.227 e. The third-order valence-corrected chi connectivity index (χ3v) is 3.65. The van der Waals surface area contributed by atoms with E-state index < -0.39 is 0 Å². The normalized spacial score (nSPS) is 10.5. The Bertz CT molecular complexity index is 616. The van der Waals surface area contributed by atoms with E-state index in [1.54, 1.807) is 6.33 Å². The van der Waals surface area contributed by atoms with Crippen LogP contribution in [0, 0.1) is 6.92 Å². The van der Waals surface area contributed by atoms with Gasteiger partial charge in [0.25, 0.3) is 0 Å². The van der Waals surface area contributed by atoms with Crippen molar-refractivity contribution >= 4 is 21.7 Å². The molecular weight excluding hydrogens is 330 g/mol. The molecule has 0 saturated heterocycles. The minimum atomic E-state index is 0.618. The lowest BCUT2D eigenvalue weighted by Crippen LogP contribution is -2.07. The fraction of sp³-hybridized carbons (Fsp3) is 0.375. The van der Waals surface area contributed by atoms with E-state index in [-0.39, 0.29) is 0 Å². The summed E-state index contributed by atoms with van der Waals surface area (Å²) in [6.45, 7) is 7.11. The van der Waals surface area contributed by atoms with Crippen LogP contribution in [0.2, 0.25) is 0 Å². The molecule has 0 bridgehead atoms. The number of aromatic nitrogens is 2. The zero-order valence-electron chi connectivity index (χ0n) is 12.6. The zero-order chi connectivity index (χ0) is 15.2. The van der Waals surface area contributed by atoms with Crippen molar-refractivity contribution in [1.82, 2.24) is 9.97 Å².